The molecule has 1 N–H and O–H groups in total. The highest BCUT2D eigenvalue weighted by molar-refractivity contribution is 5.92. The number of piperidine rings is 1. The molecule has 5 heteroatoms. The summed E-state index contributed by atoms with van der Waals surface area (Å²) in [6.45, 7) is 2.39. The van der Waals surface area contributed by atoms with Gasteiger partial charge in [0.2, 0.25) is 0 Å². The van der Waals surface area contributed by atoms with Gasteiger partial charge in [-0.2, -0.15) is 0 Å². The molecule has 0 spiro atoms. The Bertz CT molecular complexity index is 662. The first-order valence-electron chi connectivity index (χ1n) is 8.38. The van der Waals surface area contributed by atoms with Crippen LogP contribution in [0.25, 0.3) is 0 Å². The Kier molecular flexibility index (Phi) is 5.31. The summed E-state index contributed by atoms with van der Waals surface area (Å²) < 4.78 is 5.15. The van der Waals surface area contributed by atoms with Crippen LogP contribution in [0.3, 0.4) is 0 Å². The zero-order valence-electron chi connectivity index (χ0n) is 14.0. The highest BCUT2D eigenvalue weighted by atomic mass is 16.5. The van der Waals surface area contributed by atoms with E-state index in [0.29, 0.717) is 12.2 Å². The number of nitrogens with zero attached hydrogens (tertiary/aromatic N) is 2. The average Bonchev–Trinajstić information content (AvgIpc) is 2.67. The number of carbonyl (C=O) groups is 1. The molecule has 0 radical (unpaired) electrons. The van der Waals surface area contributed by atoms with Crippen molar-refractivity contribution in [1.29, 1.82) is 0 Å². The van der Waals surface area contributed by atoms with Crippen LogP contribution in [0, 0.1) is 0 Å². The molecule has 3 rings (SSSR count). The number of nitrogens with one attached hydrogen (secondary N) is 1. The smallest absolute Gasteiger partial charge is 0.272 e. The van der Waals surface area contributed by atoms with Gasteiger partial charge < -0.3 is 15.0 Å². The fourth-order valence-corrected chi connectivity index (χ4v) is 2.83. The first kappa shape index (κ1) is 16.3. The lowest BCUT2D eigenvalue weighted by molar-refractivity contribution is 0.0718. The summed E-state index contributed by atoms with van der Waals surface area (Å²) in [5.41, 5.74) is 2.58. The Balaban J connectivity index is 1.56. The minimum atomic E-state index is 0.0383. The zero-order valence-corrected chi connectivity index (χ0v) is 14.0. The molecular formula is C19H23N3O2. The topological polar surface area (TPSA) is 54.5 Å². The monoisotopic (exact) mass is 325 g/mol. The van der Waals surface area contributed by atoms with Crippen molar-refractivity contribution in [2.75, 3.05) is 25.5 Å². The van der Waals surface area contributed by atoms with Crippen LogP contribution >= 0.6 is 0 Å². The molecule has 1 saturated heterocycles. The number of pyridine rings is 1. The van der Waals surface area contributed by atoms with Gasteiger partial charge >= 0.3 is 0 Å². The predicted molar refractivity (Wildman–Crippen MR) is 94.3 cm³/mol. The summed E-state index contributed by atoms with van der Waals surface area (Å²) in [5.74, 6) is 0.886. The van der Waals surface area contributed by atoms with Gasteiger partial charge in [-0.15, -0.1) is 0 Å². The number of hydrogen-bond donors (Lipinski definition) is 1. The third-order valence-corrected chi connectivity index (χ3v) is 4.28. The Hall–Kier alpha value is -2.56. The Morgan fingerprint density at radius 2 is 1.88 bits per heavy atom. The van der Waals surface area contributed by atoms with E-state index in [1.807, 2.05) is 35.2 Å². The fourth-order valence-electron chi connectivity index (χ4n) is 2.83. The minimum Gasteiger partial charge on any atom is -0.497 e. The maximum Gasteiger partial charge on any atom is 0.272 e. The maximum absolute atomic E-state index is 12.4. The van der Waals surface area contributed by atoms with E-state index in [1.165, 1.54) is 6.42 Å². The lowest BCUT2D eigenvalue weighted by Gasteiger charge is -2.26. The van der Waals surface area contributed by atoms with Crippen LogP contribution in [-0.4, -0.2) is 36.0 Å². The molecule has 1 aromatic carbocycles. The molecule has 1 aromatic heterocycles. The highest BCUT2D eigenvalue weighted by Gasteiger charge is 2.18. The largest absolute Gasteiger partial charge is 0.497 e. The molecule has 24 heavy (non-hydrogen) atoms. The van der Waals surface area contributed by atoms with Crippen molar-refractivity contribution in [2.45, 2.75) is 25.8 Å². The summed E-state index contributed by atoms with van der Waals surface area (Å²) in [7, 11) is 1.66. The highest BCUT2D eigenvalue weighted by Crippen LogP contribution is 2.15. The summed E-state index contributed by atoms with van der Waals surface area (Å²) in [6.07, 6.45) is 5.12. The molecule has 2 aromatic rings. The summed E-state index contributed by atoms with van der Waals surface area (Å²) in [5, 5.41) is 3.32. The van der Waals surface area contributed by atoms with Gasteiger partial charge in [-0.25, -0.2) is 4.98 Å². The van der Waals surface area contributed by atoms with E-state index in [2.05, 4.69) is 10.3 Å². The number of likely N-dealkylation sites (tertiary alicyclic amines) is 1. The number of aromatic nitrogens is 1. The molecule has 5 nitrogen and oxygen atoms in total. The maximum atomic E-state index is 12.4. The predicted octanol–water partition coefficient (Wildman–Crippen LogP) is 3.33. The second kappa shape index (κ2) is 7.81. The molecule has 0 atom stereocenters. The summed E-state index contributed by atoms with van der Waals surface area (Å²) >= 11 is 0. The number of methoxy groups -OCH3 is 1. The van der Waals surface area contributed by atoms with E-state index in [0.717, 1.165) is 42.9 Å². The number of carbonyl (C=O) groups excluding carboxylic acids is 1. The number of hydrogen-bond acceptors (Lipinski definition) is 4. The second-order valence-corrected chi connectivity index (χ2v) is 5.99. The van der Waals surface area contributed by atoms with Crippen molar-refractivity contribution >= 4 is 11.6 Å². The molecule has 1 aliphatic heterocycles. The van der Waals surface area contributed by atoms with Crippen molar-refractivity contribution < 1.29 is 9.53 Å². The van der Waals surface area contributed by atoms with E-state index in [1.54, 1.807) is 19.4 Å². The third-order valence-electron chi connectivity index (χ3n) is 4.28. The van der Waals surface area contributed by atoms with Crippen molar-refractivity contribution in [1.82, 2.24) is 9.88 Å². The number of amides is 1. The molecule has 0 aliphatic carbocycles. The molecular weight excluding hydrogens is 302 g/mol. The number of anilines is 1. The van der Waals surface area contributed by atoms with Crippen molar-refractivity contribution in [3.8, 4) is 5.75 Å². The first-order valence-corrected chi connectivity index (χ1v) is 8.38. The lowest BCUT2D eigenvalue weighted by Crippen LogP contribution is -2.36. The molecule has 1 amide bonds. The van der Waals surface area contributed by atoms with Gasteiger partial charge in [-0.05, 0) is 49.1 Å². The quantitative estimate of drug-likeness (QED) is 0.916. The van der Waals surface area contributed by atoms with E-state index in [-0.39, 0.29) is 5.91 Å². The minimum absolute atomic E-state index is 0.0383. The van der Waals surface area contributed by atoms with Crippen LogP contribution in [0.1, 0.15) is 35.3 Å². The second-order valence-electron chi connectivity index (χ2n) is 5.99. The standard InChI is InChI=1S/C19H23N3O2/c1-24-17-8-5-15(6-9-17)13-20-16-7-10-18(21-14-16)19(23)22-11-3-2-4-12-22/h5-10,14,20H,2-4,11-13H2,1H3. The summed E-state index contributed by atoms with van der Waals surface area (Å²) in [6, 6.07) is 11.6. The van der Waals surface area contributed by atoms with Gasteiger partial charge in [0.05, 0.1) is 19.0 Å². The summed E-state index contributed by atoms with van der Waals surface area (Å²) in [4.78, 5) is 18.6. The molecule has 126 valence electrons. The normalized spacial score (nSPS) is 14.3. The molecule has 1 fully saturated rings. The van der Waals surface area contributed by atoms with Crippen LogP contribution in [0.15, 0.2) is 42.6 Å². The van der Waals surface area contributed by atoms with Crippen molar-refractivity contribution in [2.24, 2.45) is 0 Å². The third kappa shape index (κ3) is 4.04. The molecule has 2 heterocycles. The van der Waals surface area contributed by atoms with Crippen LogP contribution in [-0.2, 0) is 6.54 Å². The SMILES string of the molecule is COc1ccc(CNc2ccc(C(=O)N3CCCCC3)nc2)cc1. The number of rotatable bonds is 5. The Labute approximate surface area is 142 Å². The van der Waals surface area contributed by atoms with Gasteiger partial charge in [-0.3, -0.25) is 4.79 Å². The Morgan fingerprint density at radius 1 is 1.12 bits per heavy atom. The van der Waals surface area contributed by atoms with Crippen LogP contribution < -0.4 is 10.1 Å². The van der Waals surface area contributed by atoms with Gasteiger partial charge in [-0.1, -0.05) is 12.1 Å². The fraction of sp³-hybridized carbons (Fsp3) is 0.368. The first-order chi connectivity index (χ1) is 11.8. The van der Waals surface area contributed by atoms with Crippen LogP contribution in [0.2, 0.25) is 0 Å². The average molecular weight is 325 g/mol. The van der Waals surface area contributed by atoms with Gasteiger partial charge in [0.15, 0.2) is 0 Å². The van der Waals surface area contributed by atoms with Crippen LogP contribution in [0.5, 0.6) is 5.75 Å². The van der Waals surface area contributed by atoms with Gasteiger partial charge in [0.1, 0.15) is 11.4 Å². The Morgan fingerprint density at radius 3 is 2.50 bits per heavy atom. The van der Waals surface area contributed by atoms with Crippen LogP contribution in [0.4, 0.5) is 5.69 Å². The molecule has 0 bridgehead atoms. The van der Waals surface area contributed by atoms with Crippen molar-refractivity contribution in [3.05, 3.63) is 53.9 Å². The van der Waals surface area contributed by atoms with Crippen molar-refractivity contribution in [3.63, 3.8) is 0 Å². The van der Waals surface area contributed by atoms with Gasteiger partial charge in [0, 0.05) is 19.6 Å². The zero-order chi connectivity index (χ0) is 16.8. The van der Waals surface area contributed by atoms with E-state index in [9.17, 15) is 4.79 Å². The number of benzene rings is 1. The molecule has 1 aliphatic rings. The van der Waals surface area contributed by atoms with E-state index in [4.69, 9.17) is 4.74 Å². The van der Waals surface area contributed by atoms with E-state index >= 15 is 0 Å². The lowest BCUT2D eigenvalue weighted by atomic mass is 10.1. The molecule has 0 unspecified atom stereocenters. The van der Waals surface area contributed by atoms with Gasteiger partial charge in [0.25, 0.3) is 5.91 Å². The van der Waals surface area contributed by atoms with E-state index < -0.39 is 0 Å². The molecule has 0 saturated carbocycles. The number of ether oxygens (including phenoxy) is 1.